The second-order valence-corrected chi connectivity index (χ2v) is 3.29. The smallest absolute Gasteiger partial charge is 0.106 e. The molecule has 2 rings (SSSR count). The molecule has 1 aromatic heterocycles. The number of H-pyrrole nitrogens is 1. The van der Waals surface area contributed by atoms with Gasteiger partial charge in [0.2, 0.25) is 0 Å². The molecule has 0 radical (unpaired) electrons. The summed E-state index contributed by atoms with van der Waals surface area (Å²) in [7, 11) is 0. The quantitative estimate of drug-likeness (QED) is 0.686. The summed E-state index contributed by atoms with van der Waals surface area (Å²) >= 11 is 0. The molecule has 2 N–H and O–H groups in total. The minimum absolute atomic E-state index is 0.964. The first kappa shape index (κ1) is 7.80. The first-order valence-electron chi connectivity index (χ1n) is 4.67. The molecule has 66 valence electrons. The van der Waals surface area contributed by atoms with Gasteiger partial charge >= 0.3 is 0 Å². The van der Waals surface area contributed by atoms with E-state index in [9.17, 15) is 0 Å². The lowest BCUT2D eigenvalue weighted by molar-refractivity contribution is 0.627. The van der Waals surface area contributed by atoms with Crippen molar-refractivity contribution in [3.8, 4) is 0 Å². The fourth-order valence-electron chi connectivity index (χ4n) is 1.63. The van der Waals surface area contributed by atoms with E-state index in [1.807, 2.05) is 0 Å². The van der Waals surface area contributed by atoms with Crippen LogP contribution in [0.1, 0.15) is 30.6 Å². The molecule has 0 amide bonds. The summed E-state index contributed by atoms with van der Waals surface area (Å²) in [5.74, 6) is 1.16. The number of hydrogen-bond donors (Lipinski definition) is 2. The van der Waals surface area contributed by atoms with Gasteiger partial charge < -0.3 is 10.3 Å². The fraction of sp³-hybridized carbons (Fsp3) is 0.667. The Labute approximate surface area is 72.6 Å². The Kier molecular flexibility index (Phi) is 2.13. The van der Waals surface area contributed by atoms with Crippen LogP contribution in [0.3, 0.4) is 0 Å². The van der Waals surface area contributed by atoms with Crippen LogP contribution in [0.5, 0.6) is 0 Å². The molecule has 0 atom stereocenters. The van der Waals surface area contributed by atoms with E-state index in [1.165, 1.54) is 17.8 Å². The molecule has 2 heterocycles. The summed E-state index contributed by atoms with van der Waals surface area (Å²) < 4.78 is 0. The van der Waals surface area contributed by atoms with Crippen LogP contribution in [0.4, 0.5) is 0 Å². The van der Waals surface area contributed by atoms with Crippen molar-refractivity contribution in [3.05, 3.63) is 17.2 Å². The molecular weight excluding hydrogens is 150 g/mol. The summed E-state index contributed by atoms with van der Waals surface area (Å²) in [6.07, 6.45) is 3.32. The summed E-state index contributed by atoms with van der Waals surface area (Å²) in [6.45, 7) is 4.22. The van der Waals surface area contributed by atoms with Crippen molar-refractivity contribution in [2.24, 2.45) is 0 Å². The molecule has 12 heavy (non-hydrogen) atoms. The Morgan fingerprint density at radius 3 is 3.17 bits per heavy atom. The number of nitrogens with zero attached hydrogens (tertiary/aromatic N) is 1. The molecule has 0 bridgehead atoms. The summed E-state index contributed by atoms with van der Waals surface area (Å²) in [6, 6.07) is 0. The van der Waals surface area contributed by atoms with E-state index in [2.05, 4.69) is 22.2 Å². The largest absolute Gasteiger partial charge is 0.345 e. The van der Waals surface area contributed by atoms with E-state index in [4.69, 9.17) is 0 Å². The average Bonchev–Trinajstić information content (AvgIpc) is 2.47. The number of aromatic nitrogens is 2. The standard InChI is InChI=1S/C9H15N3/c1-2-3-9-11-7-4-5-10-6-8(7)12-9/h10H,2-6H2,1H3,(H,11,12). The van der Waals surface area contributed by atoms with Gasteiger partial charge in [-0.2, -0.15) is 0 Å². The number of aromatic amines is 1. The number of aryl methyl sites for hydroxylation is 1. The maximum Gasteiger partial charge on any atom is 0.106 e. The van der Waals surface area contributed by atoms with Crippen molar-refractivity contribution in [1.29, 1.82) is 0 Å². The third-order valence-electron chi connectivity index (χ3n) is 2.24. The van der Waals surface area contributed by atoms with Gasteiger partial charge in [0.15, 0.2) is 0 Å². The summed E-state index contributed by atoms with van der Waals surface area (Å²) in [5, 5.41) is 3.33. The number of fused-ring (bicyclic) bond motifs is 1. The molecule has 0 aliphatic carbocycles. The first-order chi connectivity index (χ1) is 5.90. The van der Waals surface area contributed by atoms with Crippen LogP contribution in [-0.4, -0.2) is 16.5 Å². The van der Waals surface area contributed by atoms with Crippen LogP contribution in [0.25, 0.3) is 0 Å². The van der Waals surface area contributed by atoms with E-state index < -0.39 is 0 Å². The topological polar surface area (TPSA) is 40.7 Å². The molecular formula is C9H15N3. The molecule has 1 aliphatic heterocycles. The zero-order valence-corrected chi connectivity index (χ0v) is 7.48. The second-order valence-electron chi connectivity index (χ2n) is 3.29. The van der Waals surface area contributed by atoms with Crippen LogP contribution in [0.15, 0.2) is 0 Å². The maximum atomic E-state index is 4.54. The predicted octanol–water partition coefficient (Wildman–Crippen LogP) is 1.01. The van der Waals surface area contributed by atoms with Crippen LogP contribution in [-0.2, 0) is 19.4 Å². The van der Waals surface area contributed by atoms with Gasteiger partial charge in [-0.15, -0.1) is 0 Å². The van der Waals surface area contributed by atoms with Crippen molar-refractivity contribution in [3.63, 3.8) is 0 Å². The van der Waals surface area contributed by atoms with E-state index in [1.54, 1.807) is 0 Å². The van der Waals surface area contributed by atoms with E-state index >= 15 is 0 Å². The number of hydrogen-bond acceptors (Lipinski definition) is 2. The van der Waals surface area contributed by atoms with E-state index in [-0.39, 0.29) is 0 Å². The molecule has 0 fully saturated rings. The predicted molar refractivity (Wildman–Crippen MR) is 48.0 cm³/mol. The Balaban J connectivity index is 2.20. The maximum absolute atomic E-state index is 4.54. The van der Waals surface area contributed by atoms with Crippen LogP contribution in [0, 0.1) is 0 Å². The second kappa shape index (κ2) is 3.27. The van der Waals surface area contributed by atoms with Gasteiger partial charge in [-0.05, 0) is 6.42 Å². The van der Waals surface area contributed by atoms with Crippen LogP contribution < -0.4 is 5.32 Å². The normalized spacial score (nSPS) is 16.1. The van der Waals surface area contributed by atoms with Gasteiger partial charge in [0, 0.05) is 25.9 Å². The third-order valence-corrected chi connectivity index (χ3v) is 2.24. The van der Waals surface area contributed by atoms with Gasteiger partial charge in [-0.3, -0.25) is 0 Å². The SMILES string of the molecule is CCCc1nc2c([nH]1)CNCC2. The zero-order chi connectivity index (χ0) is 8.39. The highest BCUT2D eigenvalue weighted by molar-refractivity contribution is 5.17. The number of rotatable bonds is 2. The highest BCUT2D eigenvalue weighted by Gasteiger charge is 2.12. The van der Waals surface area contributed by atoms with Crippen molar-refractivity contribution in [2.75, 3.05) is 6.54 Å². The molecule has 3 heteroatoms. The fourth-order valence-corrected chi connectivity index (χ4v) is 1.63. The molecule has 0 saturated carbocycles. The molecule has 0 saturated heterocycles. The van der Waals surface area contributed by atoms with Crippen molar-refractivity contribution < 1.29 is 0 Å². The summed E-state index contributed by atoms with van der Waals surface area (Å²) in [4.78, 5) is 7.91. The Bertz CT molecular complexity index is 241. The van der Waals surface area contributed by atoms with Crippen LogP contribution in [0.2, 0.25) is 0 Å². The highest BCUT2D eigenvalue weighted by atomic mass is 15.0. The lowest BCUT2D eigenvalue weighted by Gasteiger charge is -2.09. The number of imidazole rings is 1. The van der Waals surface area contributed by atoms with Gasteiger partial charge in [-0.1, -0.05) is 6.92 Å². The minimum Gasteiger partial charge on any atom is -0.345 e. The molecule has 0 spiro atoms. The Morgan fingerprint density at radius 1 is 1.50 bits per heavy atom. The van der Waals surface area contributed by atoms with Crippen molar-refractivity contribution >= 4 is 0 Å². The Morgan fingerprint density at radius 2 is 2.42 bits per heavy atom. The average molecular weight is 165 g/mol. The molecule has 3 nitrogen and oxygen atoms in total. The Hall–Kier alpha value is -0.830. The molecule has 0 aromatic carbocycles. The van der Waals surface area contributed by atoms with Crippen LogP contribution >= 0.6 is 0 Å². The minimum atomic E-state index is 0.964. The van der Waals surface area contributed by atoms with Crippen molar-refractivity contribution in [2.45, 2.75) is 32.7 Å². The number of nitrogens with one attached hydrogen (secondary N) is 2. The van der Waals surface area contributed by atoms with Gasteiger partial charge in [0.1, 0.15) is 5.82 Å². The highest BCUT2D eigenvalue weighted by Crippen LogP contribution is 2.11. The molecule has 1 aromatic rings. The lowest BCUT2D eigenvalue weighted by Crippen LogP contribution is -2.23. The lowest BCUT2D eigenvalue weighted by atomic mass is 10.2. The third kappa shape index (κ3) is 1.37. The van der Waals surface area contributed by atoms with Crippen molar-refractivity contribution in [1.82, 2.24) is 15.3 Å². The molecule has 1 aliphatic rings. The zero-order valence-electron chi connectivity index (χ0n) is 7.48. The van der Waals surface area contributed by atoms with Gasteiger partial charge in [0.25, 0.3) is 0 Å². The van der Waals surface area contributed by atoms with E-state index in [0.717, 1.165) is 31.8 Å². The monoisotopic (exact) mass is 165 g/mol. The van der Waals surface area contributed by atoms with Gasteiger partial charge in [-0.25, -0.2) is 4.98 Å². The molecule has 0 unspecified atom stereocenters. The van der Waals surface area contributed by atoms with E-state index in [0.29, 0.717) is 0 Å². The van der Waals surface area contributed by atoms with Gasteiger partial charge in [0.05, 0.1) is 11.4 Å². The first-order valence-corrected chi connectivity index (χ1v) is 4.67. The summed E-state index contributed by atoms with van der Waals surface area (Å²) in [5.41, 5.74) is 2.57.